The molecule has 0 saturated heterocycles. The number of rotatable bonds is 4. The number of carbonyl (C=O) groups is 4. The van der Waals surface area contributed by atoms with Crippen molar-refractivity contribution in [3.8, 4) is 0 Å². The van der Waals surface area contributed by atoms with Crippen LogP contribution in [0.15, 0.2) is 60.7 Å². The summed E-state index contributed by atoms with van der Waals surface area (Å²) in [5, 5.41) is 12.0. The molecule has 2 N–H and O–H groups in total. The number of nitrogens with zero attached hydrogens (tertiary/aromatic N) is 1. The van der Waals surface area contributed by atoms with Crippen LogP contribution >= 0.6 is 0 Å². The van der Waals surface area contributed by atoms with Gasteiger partial charge in [0.15, 0.2) is 0 Å². The van der Waals surface area contributed by atoms with Gasteiger partial charge in [0.25, 0.3) is 17.7 Å². The lowest BCUT2D eigenvalue weighted by Crippen LogP contribution is -2.29. The normalized spacial score (nSPS) is 12.6. The maximum atomic E-state index is 12.8. The van der Waals surface area contributed by atoms with Gasteiger partial charge in [-0.25, -0.2) is 9.69 Å². The molecule has 1 aliphatic heterocycles. The van der Waals surface area contributed by atoms with Crippen molar-refractivity contribution in [1.29, 1.82) is 0 Å². The minimum Gasteiger partial charge on any atom is -0.478 e. The average molecular weight is 414 g/mol. The van der Waals surface area contributed by atoms with Crippen LogP contribution in [0.25, 0.3) is 0 Å². The van der Waals surface area contributed by atoms with Crippen LogP contribution in [-0.4, -0.2) is 28.8 Å². The summed E-state index contributed by atoms with van der Waals surface area (Å²) in [4.78, 5) is 50.6. The second-order valence-corrected chi connectivity index (χ2v) is 7.26. The number of aryl methyl sites for hydroxylation is 1. The number of nitrogens with one attached hydrogen (secondary N) is 1. The SMILES string of the molecule is Cc1cccc(NC(=O)c2cccc(N3C(=O)c4ccc(C(=O)O)cc4C3=O)c2)c1C. The van der Waals surface area contributed by atoms with Crippen molar-refractivity contribution >= 4 is 35.1 Å². The quantitative estimate of drug-likeness (QED) is 0.627. The van der Waals surface area contributed by atoms with E-state index in [9.17, 15) is 19.2 Å². The summed E-state index contributed by atoms with van der Waals surface area (Å²) >= 11 is 0. The van der Waals surface area contributed by atoms with Gasteiger partial charge >= 0.3 is 5.97 Å². The Morgan fingerprint density at radius 2 is 1.55 bits per heavy atom. The van der Waals surface area contributed by atoms with Gasteiger partial charge < -0.3 is 10.4 Å². The van der Waals surface area contributed by atoms with Gasteiger partial charge in [0, 0.05) is 11.3 Å². The summed E-state index contributed by atoms with van der Waals surface area (Å²) in [5.74, 6) is -2.76. The average Bonchev–Trinajstić information content (AvgIpc) is 3.01. The van der Waals surface area contributed by atoms with Crippen molar-refractivity contribution in [1.82, 2.24) is 0 Å². The van der Waals surface area contributed by atoms with E-state index in [0.29, 0.717) is 5.69 Å². The minimum atomic E-state index is -1.19. The molecule has 0 spiro atoms. The van der Waals surface area contributed by atoms with E-state index in [-0.39, 0.29) is 33.8 Å². The highest BCUT2D eigenvalue weighted by Gasteiger charge is 2.37. The number of hydrogen-bond acceptors (Lipinski definition) is 4. The summed E-state index contributed by atoms with van der Waals surface area (Å²) in [5.41, 5.74) is 3.24. The zero-order valence-electron chi connectivity index (χ0n) is 16.8. The van der Waals surface area contributed by atoms with Gasteiger partial charge in [-0.15, -0.1) is 0 Å². The molecular weight excluding hydrogens is 396 g/mol. The predicted molar refractivity (Wildman–Crippen MR) is 115 cm³/mol. The Morgan fingerprint density at radius 1 is 0.839 bits per heavy atom. The van der Waals surface area contributed by atoms with Crippen molar-refractivity contribution in [3.63, 3.8) is 0 Å². The van der Waals surface area contributed by atoms with E-state index < -0.39 is 17.8 Å². The molecule has 7 heteroatoms. The van der Waals surface area contributed by atoms with Crippen LogP contribution in [0.4, 0.5) is 11.4 Å². The summed E-state index contributed by atoms with van der Waals surface area (Å²) in [6.45, 7) is 3.86. The van der Waals surface area contributed by atoms with Crippen molar-refractivity contribution < 1.29 is 24.3 Å². The van der Waals surface area contributed by atoms with Crippen LogP contribution < -0.4 is 10.2 Å². The Balaban J connectivity index is 1.64. The Morgan fingerprint density at radius 3 is 2.29 bits per heavy atom. The summed E-state index contributed by atoms with van der Waals surface area (Å²) in [6.07, 6.45) is 0. The molecule has 3 amide bonds. The number of amides is 3. The standard InChI is InChI=1S/C24H18N2O5/c1-13-5-3-8-20(14(13)2)25-21(27)15-6-4-7-17(11-15)26-22(28)18-10-9-16(24(30)31)12-19(18)23(26)29/h3-12H,1-2H3,(H,25,27)(H,30,31). The van der Waals surface area contributed by atoms with Gasteiger partial charge in [0.1, 0.15) is 0 Å². The maximum absolute atomic E-state index is 12.8. The number of hydrogen-bond donors (Lipinski definition) is 2. The molecule has 0 unspecified atom stereocenters. The van der Waals surface area contributed by atoms with E-state index in [1.165, 1.54) is 24.3 Å². The second kappa shape index (κ2) is 7.53. The largest absolute Gasteiger partial charge is 0.478 e. The topological polar surface area (TPSA) is 104 Å². The smallest absolute Gasteiger partial charge is 0.335 e. The van der Waals surface area contributed by atoms with Crippen LogP contribution in [-0.2, 0) is 0 Å². The van der Waals surface area contributed by atoms with E-state index in [2.05, 4.69) is 5.32 Å². The maximum Gasteiger partial charge on any atom is 0.335 e. The number of carboxylic acids is 1. The molecule has 1 heterocycles. The number of aromatic carboxylic acids is 1. The van der Waals surface area contributed by atoms with Crippen LogP contribution in [0.2, 0.25) is 0 Å². The number of carboxylic acid groups (broad SMARTS) is 1. The third-order valence-corrected chi connectivity index (χ3v) is 5.35. The van der Waals surface area contributed by atoms with E-state index in [1.807, 2.05) is 26.0 Å². The first kappa shape index (κ1) is 20.0. The fraction of sp³-hybridized carbons (Fsp3) is 0.0833. The van der Waals surface area contributed by atoms with Crippen molar-refractivity contribution in [2.75, 3.05) is 10.2 Å². The molecule has 0 aromatic heterocycles. The van der Waals surface area contributed by atoms with Gasteiger partial charge in [-0.05, 0) is 67.4 Å². The second-order valence-electron chi connectivity index (χ2n) is 7.26. The third kappa shape index (κ3) is 3.46. The zero-order valence-corrected chi connectivity index (χ0v) is 16.8. The molecular formula is C24H18N2O5. The first-order chi connectivity index (χ1) is 14.8. The van der Waals surface area contributed by atoms with Gasteiger partial charge in [-0.3, -0.25) is 14.4 Å². The van der Waals surface area contributed by atoms with E-state index in [4.69, 9.17) is 5.11 Å². The Kier molecular flexibility index (Phi) is 4.87. The molecule has 0 saturated carbocycles. The first-order valence-corrected chi connectivity index (χ1v) is 9.51. The molecule has 0 radical (unpaired) electrons. The number of fused-ring (bicyclic) bond motifs is 1. The minimum absolute atomic E-state index is 0.0233. The summed E-state index contributed by atoms with van der Waals surface area (Å²) in [7, 11) is 0. The Bertz CT molecular complexity index is 1280. The van der Waals surface area contributed by atoms with Crippen LogP contribution in [0.5, 0.6) is 0 Å². The number of benzene rings is 3. The fourth-order valence-corrected chi connectivity index (χ4v) is 3.48. The van der Waals surface area contributed by atoms with E-state index in [0.717, 1.165) is 16.0 Å². The predicted octanol–water partition coefficient (Wildman–Crippen LogP) is 4.05. The lowest BCUT2D eigenvalue weighted by atomic mass is 10.1. The molecule has 3 aromatic rings. The molecule has 0 aliphatic carbocycles. The molecule has 7 nitrogen and oxygen atoms in total. The summed E-state index contributed by atoms with van der Waals surface area (Å²) in [6, 6.07) is 15.6. The third-order valence-electron chi connectivity index (χ3n) is 5.35. The number of carbonyl (C=O) groups excluding carboxylic acids is 3. The highest BCUT2D eigenvalue weighted by atomic mass is 16.4. The van der Waals surface area contributed by atoms with E-state index >= 15 is 0 Å². The van der Waals surface area contributed by atoms with Gasteiger partial charge in [0.05, 0.1) is 22.4 Å². The van der Waals surface area contributed by atoms with Crippen molar-refractivity contribution in [2.45, 2.75) is 13.8 Å². The lowest BCUT2D eigenvalue weighted by Gasteiger charge is -2.15. The van der Waals surface area contributed by atoms with Gasteiger partial charge in [-0.1, -0.05) is 18.2 Å². The Labute approximate surface area is 177 Å². The van der Waals surface area contributed by atoms with Crippen LogP contribution in [0.3, 0.4) is 0 Å². The fourth-order valence-electron chi connectivity index (χ4n) is 3.48. The highest BCUT2D eigenvalue weighted by Crippen LogP contribution is 2.30. The molecule has 0 fully saturated rings. The van der Waals surface area contributed by atoms with Crippen LogP contribution in [0.1, 0.15) is 52.6 Å². The molecule has 4 rings (SSSR count). The van der Waals surface area contributed by atoms with Crippen LogP contribution in [0, 0.1) is 13.8 Å². The summed E-state index contributed by atoms with van der Waals surface area (Å²) < 4.78 is 0. The highest BCUT2D eigenvalue weighted by molar-refractivity contribution is 6.34. The number of imide groups is 1. The van der Waals surface area contributed by atoms with E-state index in [1.54, 1.807) is 24.3 Å². The van der Waals surface area contributed by atoms with Crippen molar-refractivity contribution in [3.05, 3.63) is 94.0 Å². The molecule has 31 heavy (non-hydrogen) atoms. The molecule has 0 bridgehead atoms. The lowest BCUT2D eigenvalue weighted by molar-refractivity contribution is 0.0696. The molecule has 0 atom stereocenters. The molecule has 3 aromatic carbocycles. The first-order valence-electron chi connectivity index (χ1n) is 9.51. The van der Waals surface area contributed by atoms with Gasteiger partial charge in [0.2, 0.25) is 0 Å². The zero-order chi connectivity index (χ0) is 22.3. The number of anilines is 2. The van der Waals surface area contributed by atoms with Crippen molar-refractivity contribution in [2.24, 2.45) is 0 Å². The monoisotopic (exact) mass is 414 g/mol. The Hall–Kier alpha value is -4.26. The molecule has 1 aliphatic rings. The molecule has 154 valence electrons. The van der Waals surface area contributed by atoms with Gasteiger partial charge in [-0.2, -0.15) is 0 Å².